The molecule has 82 valence electrons. The van der Waals surface area contributed by atoms with E-state index in [0.717, 1.165) is 0 Å². The number of hydrogen-bond donors (Lipinski definition) is 2. The molecule has 1 unspecified atom stereocenters. The average Bonchev–Trinajstić information content (AvgIpc) is 2.12. The van der Waals surface area contributed by atoms with Crippen LogP contribution in [0.3, 0.4) is 0 Å². The molecule has 0 aromatic carbocycles. The second-order valence-corrected chi connectivity index (χ2v) is 5.14. The van der Waals surface area contributed by atoms with E-state index in [2.05, 4.69) is 11.9 Å². The van der Waals surface area contributed by atoms with Crippen molar-refractivity contribution in [3.63, 3.8) is 0 Å². The number of nitrogens with one attached hydrogen (secondary N) is 1. The highest BCUT2D eigenvalue weighted by Gasteiger charge is 2.25. The molecule has 14 heavy (non-hydrogen) atoms. The van der Waals surface area contributed by atoms with Crippen LogP contribution in [0, 0.1) is 0 Å². The fourth-order valence-corrected chi connectivity index (χ4v) is 1.82. The molecule has 0 radical (unpaired) electrons. The fourth-order valence-electron chi connectivity index (χ4n) is 0.795. The van der Waals surface area contributed by atoms with Gasteiger partial charge in [0, 0.05) is 6.54 Å². The Labute approximate surface area is 83.7 Å². The molecule has 0 fully saturated rings. The highest BCUT2D eigenvalue weighted by Crippen LogP contribution is 2.02. The first kappa shape index (κ1) is 13.1. The van der Waals surface area contributed by atoms with Crippen molar-refractivity contribution in [1.82, 2.24) is 5.32 Å². The summed E-state index contributed by atoms with van der Waals surface area (Å²) >= 11 is 0. The van der Waals surface area contributed by atoms with Crippen LogP contribution in [0.1, 0.15) is 6.92 Å². The van der Waals surface area contributed by atoms with Crippen LogP contribution in [0.2, 0.25) is 0 Å². The zero-order valence-electron chi connectivity index (χ0n) is 8.06. The van der Waals surface area contributed by atoms with Gasteiger partial charge in [0.15, 0.2) is 9.84 Å². The van der Waals surface area contributed by atoms with Crippen molar-refractivity contribution in [1.29, 1.82) is 0 Å². The molecule has 0 aromatic rings. The minimum Gasteiger partial charge on any atom is -0.395 e. The topological polar surface area (TPSA) is 83.5 Å². The number of aliphatic hydroxyl groups is 1. The molecule has 0 rings (SSSR count). The summed E-state index contributed by atoms with van der Waals surface area (Å²) in [5.74, 6) is -0.818. The van der Waals surface area contributed by atoms with Gasteiger partial charge in [-0.25, -0.2) is 8.42 Å². The van der Waals surface area contributed by atoms with Crippen molar-refractivity contribution in [2.24, 2.45) is 0 Å². The van der Waals surface area contributed by atoms with Gasteiger partial charge in [-0.3, -0.25) is 4.79 Å². The zero-order chi connectivity index (χ0) is 11.2. The Hall–Kier alpha value is -0.880. The highest BCUT2D eigenvalue weighted by atomic mass is 32.2. The lowest BCUT2D eigenvalue weighted by molar-refractivity contribution is -0.120. The van der Waals surface area contributed by atoms with E-state index in [1.165, 1.54) is 13.0 Å². The second-order valence-electron chi connectivity index (χ2n) is 2.78. The monoisotopic (exact) mass is 221 g/mol. The summed E-state index contributed by atoms with van der Waals surface area (Å²) in [6, 6.07) is 0. The van der Waals surface area contributed by atoms with Gasteiger partial charge in [0.1, 0.15) is 5.25 Å². The number of carbonyl (C=O) groups excluding carboxylic acids is 1. The summed E-state index contributed by atoms with van der Waals surface area (Å²) in [6.07, 6.45) is 1.24. The van der Waals surface area contributed by atoms with Gasteiger partial charge in [-0.1, -0.05) is 6.08 Å². The molecular weight excluding hydrogens is 206 g/mol. The Kier molecular flexibility index (Phi) is 5.40. The maximum atomic E-state index is 11.3. The SMILES string of the molecule is C=CCS(=O)(=O)C(C)C(=O)NCCO. The van der Waals surface area contributed by atoms with E-state index in [1.54, 1.807) is 0 Å². The Morgan fingerprint density at radius 2 is 2.21 bits per heavy atom. The van der Waals surface area contributed by atoms with Gasteiger partial charge in [0.2, 0.25) is 5.91 Å². The second kappa shape index (κ2) is 5.77. The van der Waals surface area contributed by atoms with Gasteiger partial charge >= 0.3 is 0 Å². The first-order valence-corrected chi connectivity index (χ1v) is 5.88. The largest absolute Gasteiger partial charge is 0.395 e. The maximum Gasteiger partial charge on any atom is 0.238 e. The number of hydrogen-bond acceptors (Lipinski definition) is 4. The molecular formula is C8H15NO4S. The van der Waals surface area contributed by atoms with Crippen LogP contribution in [0.15, 0.2) is 12.7 Å². The number of carbonyl (C=O) groups is 1. The predicted octanol–water partition coefficient (Wildman–Crippen LogP) is -0.916. The van der Waals surface area contributed by atoms with Crippen LogP contribution in [-0.4, -0.2) is 43.6 Å². The number of rotatable bonds is 6. The first-order valence-electron chi connectivity index (χ1n) is 4.16. The third-order valence-electron chi connectivity index (χ3n) is 1.67. The average molecular weight is 221 g/mol. The summed E-state index contributed by atoms with van der Waals surface area (Å²) in [7, 11) is -3.45. The molecule has 0 heterocycles. The molecule has 0 aliphatic heterocycles. The van der Waals surface area contributed by atoms with Crippen molar-refractivity contribution in [2.75, 3.05) is 18.9 Å². The number of amides is 1. The summed E-state index contributed by atoms with van der Waals surface area (Å²) < 4.78 is 22.7. The Morgan fingerprint density at radius 1 is 1.64 bits per heavy atom. The predicted molar refractivity (Wildman–Crippen MR) is 53.5 cm³/mol. The smallest absolute Gasteiger partial charge is 0.238 e. The first-order chi connectivity index (χ1) is 6.45. The molecule has 1 amide bonds. The molecule has 0 aliphatic carbocycles. The molecule has 0 aliphatic rings. The van der Waals surface area contributed by atoms with Gasteiger partial charge < -0.3 is 10.4 Å². The molecule has 6 heteroatoms. The van der Waals surface area contributed by atoms with Crippen LogP contribution in [0.4, 0.5) is 0 Å². The number of aliphatic hydroxyl groups excluding tert-OH is 1. The lowest BCUT2D eigenvalue weighted by Gasteiger charge is -2.10. The van der Waals surface area contributed by atoms with Gasteiger partial charge in [0.05, 0.1) is 12.4 Å². The van der Waals surface area contributed by atoms with Crippen LogP contribution in [0.5, 0.6) is 0 Å². The summed E-state index contributed by atoms with van der Waals surface area (Å²) in [5.41, 5.74) is 0. The summed E-state index contributed by atoms with van der Waals surface area (Å²) in [4.78, 5) is 11.2. The summed E-state index contributed by atoms with van der Waals surface area (Å²) in [5, 5.41) is 9.61. The van der Waals surface area contributed by atoms with Crippen LogP contribution >= 0.6 is 0 Å². The van der Waals surface area contributed by atoms with E-state index in [9.17, 15) is 13.2 Å². The van der Waals surface area contributed by atoms with E-state index in [1.807, 2.05) is 0 Å². The van der Waals surface area contributed by atoms with Crippen LogP contribution < -0.4 is 5.32 Å². The van der Waals surface area contributed by atoms with Crippen LogP contribution in [0.25, 0.3) is 0 Å². The van der Waals surface area contributed by atoms with Crippen molar-refractivity contribution in [3.8, 4) is 0 Å². The Balaban J connectivity index is 4.37. The van der Waals surface area contributed by atoms with Crippen LogP contribution in [-0.2, 0) is 14.6 Å². The maximum absolute atomic E-state index is 11.3. The van der Waals surface area contributed by atoms with Gasteiger partial charge in [-0.2, -0.15) is 0 Å². The van der Waals surface area contributed by atoms with Gasteiger partial charge in [0.25, 0.3) is 0 Å². The normalized spacial score (nSPS) is 13.3. The van der Waals surface area contributed by atoms with E-state index >= 15 is 0 Å². The van der Waals surface area contributed by atoms with E-state index in [4.69, 9.17) is 5.11 Å². The molecule has 2 N–H and O–H groups in total. The standard InChI is InChI=1S/C8H15NO4S/c1-3-6-14(12,13)7(2)8(11)9-4-5-10/h3,7,10H,1,4-6H2,2H3,(H,9,11). The molecule has 0 aromatic heterocycles. The van der Waals surface area contributed by atoms with Crippen molar-refractivity contribution in [3.05, 3.63) is 12.7 Å². The van der Waals surface area contributed by atoms with Crippen molar-refractivity contribution < 1.29 is 18.3 Å². The lowest BCUT2D eigenvalue weighted by atomic mass is 10.4. The third kappa shape index (κ3) is 3.89. The molecule has 1 atom stereocenters. The molecule has 0 saturated heterocycles. The Bertz CT molecular complexity index is 296. The van der Waals surface area contributed by atoms with E-state index in [-0.39, 0.29) is 18.9 Å². The van der Waals surface area contributed by atoms with Crippen molar-refractivity contribution >= 4 is 15.7 Å². The fraction of sp³-hybridized carbons (Fsp3) is 0.625. The zero-order valence-corrected chi connectivity index (χ0v) is 8.88. The van der Waals surface area contributed by atoms with Gasteiger partial charge in [-0.15, -0.1) is 6.58 Å². The molecule has 0 saturated carbocycles. The van der Waals surface area contributed by atoms with Gasteiger partial charge in [-0.05, 0) is 6.92 Å². The third-order valence-corrected chi connectivity index (χ3v) is 3.66. The minimum absolute atomic E-state index is 0.0623. The Morgan fingerprint density at radius 3 is 2.64 bits per heavy atom. The molecule has 0 bridgehead atoms. The molecule has 5 nitrogen and oxygen atoms in total. The van der Waals surface area contributed by atoms with Crippen molar-refractivity contribution in [2.45, 2.75) is 12.2 Å². The highest BCUT2D eigenvalue weighted by molar-refractivity contribution is 7.92. The van der Waals surface area contributed by atoms with E-state index in [0.29, 0.717) is 0 Å². The van der Waals surface area contributed by atoms with E-state index < -0.39 is 21.0 Å². The lowest BCUT2D eigenvalue weighted by Crippen LogP contribution is -2.39. The summed E-state index contributed by atoms with van der Waals surface area (Å²) in [6.45, 7) is 4.46. The number of sulfone groups is 1. The minimum atomic E-state index is -3.45. The quantitative estimate of drug-likeness (QED) is 0.568. The molecule has 0 spiro atoms.